The summed E-state index contributed by atoms with van der Waals surface area (Å²) in [4.78, 5) is 4.33. The Kier molecular flexibility index (Phi) is 3.41. The van der Waals surface area contributed by atoms with Gasteiger partial charge in [-0.3, -0.25) is 0 Å². The fourth-order valence-electron chi connectivity index (χ4n) is 2.90. The molecule has 90 valence electrons. The second-order valence-electron chi connectivity index (χ2n) is 5.20. The van der Waals surface area contributed by atoms with E-state index in [-0.39, 0.29) is 0 Å². The van der Waals surface area contributed by atoms with Crippen LogP contribution in [0.4, 0.5) is 0 Å². The Bertz CT molecular complexity index is 482. The Balaban J connectivity index is 1.63. The summed E-state index contributed by atoms with van der Waals surface area (Å²) in [6, 6.07) is 6.75. The molecule has 1 aromatic carbocycles. The zero-order valence-electron chi connectivity index (χ0n) is 10.2. The topological polar surface area (TPSA) is 12.9 Å². The van der Waals surface area contributed by atoms with Crippen molar-refractivity contribution in [1.29, 1.82) is 0 Å². The third kappa shape index (κ3) is 2.68. The molecule has 1 aliphatic carbocycles. The molecule has 3 rings (SSSR count). The summed E-state index contributed by atoms with van der Waals surface area (Å²) in [5, 5.41) is 0. The molecule has 1 saturated carbocycles. The lowest BCUT2D eigenvalue weighted by atomic mass is 9.85. The summed E-state index contributed by atoms with van der Waals surface area (Å²) in [6.07, 6.45) is 9.93. The van der Waals surface area contributed by atoms with Crippen molar-refractivity contribution in [1.82, 2.24) is 4.98 Å². The molecule has 1 fully saturated rings. The highest BCUT2D eigenvalue weighted by molar-refractivity contribution is 7.16. The van der Waals surface area contributed by atoms with E-state index in [2.05, 4.69) is 23.2 Å². The van der Waals surface area contributed by atoms with Gasteiger partial charge >= 0.3 is 0 Å². The minimum Gasteiger partial charge on any atom is -0.245 e. The Hall–Kier alpha value is -0.890. The van der Waals surface area contributed by atoms with Gasteiger partial charge in [-0.05, 0) is 36.5 Å². The summed E-state index contributed by atoms with van der Waals surface area (Å²) in [6.45, 7) is 0. The number of benzene rings is 1. The molecule has 0 unspecified atom stereocenters. The fourth-order valence-corrected chi connectivity index (χ4v) is 3.64. The molecule has 1 heterocycles. The molecule has 1 aliphatic rings. The third-order valence-corrected chi connectivity index (χ3v) is 4.75. The van der Waals surface area contributed by atoms with Crippen molar-refractivity contribution >= 4 is 21.6 Å². The van der Waals surface area contributed by atoms with Gasteiger partial charge in [-0.1, -0.05) is 38.2 Å². The van der Waals surface area contributed by atoms with E-state index in [0.29, 0.717) is 0 Å². The molecule has 1 aromatic heterocycles. The molecule has 0 bridgehead atoms. The van der Waals surface area contributed by atoms with Crippen LogP contribution in [0.2, 0.25) is 0 Å². The smallest absolute Gasteiger partial charge is 0.0812 e. The first-order valence-corrected chi connectivity index (χ1v) is 7.62. The van der Waals surface area contributed by atoms with Gasteiger partial charge in [0.05, 0.1) is 15.7 Å². The molecule has 0 amide bonds. The van der Waals surface area contributed by atoms with Gasteiger partial charge in [0.2, 0.25) is 0 Å². The normalized spacial score (nSPS) is 17.6. The van der Waals surface area contributed by atoms with Gasteiger partial charge in [-0.15, -0.1) is 11.3 Å². The van der Waals surface area contributed by atoms with E-state index in [4.69, 9.17) is 0 Å². The molecule has 2 aromatic rings. The highest BCUT2D eigenvalue weighted by Crippen LogP contribution is 2.28. The molecule has 0 spiro atoms. The van der Waals surface area contributed by atoms with E-state index in [0.717, 1.165) is 11.4 Å². The van der Waals surface area contributed by atoms with Crippen LogP contribution in [0, 0.1) is 5.92 Å². The predicted molar refractivity (Wildman–Crippen MR) is 74.5 cm³/mol. The van der Waals surface area contributed by atoms with Gasteiger partial charge in [0.1, 0.15) is 0 Å². The SMILES string of the molecule is c1nc2ccc(CCC3CCCCC3)cc2s1. The minimum absolute atomic E-state index is 0.987. The predicted octanol–water partition coefficient (Wildman–Crippen LogP) is 4.81. The molecule has 17 heavy (non-hydrogen) atoms. The second-order valence-corrected chi connectivity index (χ2v) is 6.08. The Morgan fingerprint density at radius 3 is 2.94 bits per heavy atom. The zero-order chi connectivity index (χ0) is 11.5. The summed E-state index contributed by atoms with van der Waals surface area (Å²) in [5.74, 6) is 0.987. The quantitative estimate of drug-likeness (QED) is 0.756. The maximum atomic E-state index is 4.33. The van der Waals surface area contributed by atoms with Gasteiger partial charge in [0.25, 0.3) is 0 Å². The number of fused-ring (bicyclic) bond motifs is 1. The van der Waals surface area contributed by atoms with Crippen molar-refractivity contribution in [2.45, 2.75) is 44.9 Å². The third-order valence-electron chi connectivity index (χ3n) is 3.96. The average Bonchev–Trinajstić information content (AvgIpc) is 2.85. The Morgan fingerprint density at radius 2 is 2.06 bits per heavy atom. The number of hydrogen-bond donors (Lipinski definition) is 0. The number of aryl methyl sites for hydroxylation is 1. The Labute approximate surface area is 107 Å². The van der Waals surface area contributed by atoms with Crippen LogP contribution in [0.5, 0.6) is 0 Å². The molecule has 0 saturated heterocycles. The van der Waals surface area contributed by atoms with Gasteiger partial charge in [-0.2, -0.15) is 0 Å². The highest BCUT2D eigenvalue weighted by atomic mass is 32.1. The van der Waals surface area contributed by atoms with Crippen molar-refractivity contribution in [3.63, 3.8) is 0 Å². The standard InChI is InChI=1S/C15H19NS/c1-2-4-12(5-3-1)6-7-13-8-9-14-15(10-13)17-11-16-14/h8-12H,1-7H2. The first-order chi connectivity index (χ1) is 8.42. The molecular weight excluding hydrogens is 226 g/mol. The van der Waals surface area contributed by atoms with E-state index in [1.54, 1.807) is 11.3 Å². The van der Waals surface area contributed by atoms with Crippen LogP contribution < -0.4 is 0 Å². The number of thiazole rings is 1. The average molecular weight is 245 g/mol. The fraction of sp³-hybridized carbons (Fsp3) is 0.533. The first kappa shape index (κ1) is 11.2. The Morgan fingerprint density at radius 1 is 1.18 bits per heavy atom. The van der Waals surface area contributed by atoms with Crippen molar-refractivity contribution in [2.24, 2.45) is 5.92 Å². The molecule has 0 radical (unpaired) electrons. The summed E-state index contributed by atoms with van der Waals surface area (Å²) < 4.78 is 1.34. The molecule has 0 aliphatic heterocycles. The number of rotatable bonds is 3. The van der Waals surface area contributed by atoms with Crippen molar-refractivity contribution in [2.75, 3.05) is 0 Å². The van der Waals surface area contributed by atoms with Crippen molar-refractivity contribution in [3.05, 3.63) is 29.3 Å². The molecule has 1 nitrogen and oxygen atoms in total. The maximum Gasteiger partial charge on any atom is 0.0812 e. The van der Waals surface area contributed by atoms with Crippen LogP contribution in [0.3, 0.4) is 0 Å². The van der Waals surface area contributed by atoms with E-state index in [9.17, 15) is 0 Å². The maximum absolute atomic E-state index is 4.33. The molecule has 0 atom stereocenters. The second kappa shape index (κ2) is 5.18. The lowest BCUT2D eigenvalue weighted by Gasteiger charge is -2.21. The van der Waals surface area contributed by atoms with Crippen LogP contribution in [0.1, 0.15) is 44.1 Å². The number of hydrogen-bond acceptors (Lipinski definition) is 2. The van der Waals surface area contributed by atoms with Crippen LogP contribution in [0.15, 0.2) is 23.7 Å². The summed E-state index contributed by atoms with van der Waals surface area (Å²) in [5.41, 5.74) is 4.58. The molecule has 2 heteroatoms. The summed E-state index contributed by atoms with van der Waals surface area (Å²) in [7, 11) is 0. The van der Waals surface area contributed by atoms with Crippen LogP contribution in [-0.4, -0.2) is 4.98 Å². The van der Waals surface area contributed by atoms with E-state index < -0.39 is 0 Å². The first-order valence-electron chi connectivity index (χ1n) is 6.74. The number of aromatic nitrogens is 1. The lowest BCUT2D eigenvalue weighted by molar-refractivity contribution is 0.339. The number of nitrogens with zero attached hydrogens (tertiary/aromatic N) is 1. The van der Waals surface area contributed by atoms with Crippen molar-refractivity contribution in [3.8, 4) is 0 Å². The van der Waals surface area contributed by atoms with E-state index >= 15 is 0 Å². The van der Waals surface area contributed by atoms with Gasteiger partial charge in [0.15, 0.2) is 0 Å². The van der Waals surface area contributed by atoms with Crippen LogP contribution in [0.25, 0.3) is 10.2 Å². The molecular formula is C15H19NS. The monoisotopic (exact) mass is 245 g/mol. The van der Waals surface area contributed by atoms with Gasteiger partial charge in [-0.25, -0.2) is 4.98 Å². The minimum atomic E-state index is 0.987. The van der Waals surface area contributed by atoms with E-state index in [1.807, 2.05) is 5.51 Å². The van der Waals surface area contributed by atoms with Gasteiger partial charge < -0.3 is 0 Å². The largest absolute Gasteiger partial charge is 0.245 e. The highest BCUT2D eigenvalue weighted by Gasteiger charge is 2.13. The van der Waals surface area contributed by atoms with Crippen LogP contribution >= 0.6 is 11.3 Å². The van der Waals surface area contributed by atoms with Crippen molar-refractivity contribution < 1.29 is 0 Å². The molecule has 0 N–H and O–H groups in total. The zero-order valence-corrected chi connectivity index (χ0v) is 11.0. The van der Waals surface area contributed by atoms with Crippen LogP contribution in [-0.2, 0) is 6.42 Å². The van der Waals surface area contributed by atoms with E-state index in [1.165, 1.54) is 55.2 Å². The summed E-state index contributed by atoms with van der Waals surface area (Å²) >= 11 is 1.75. The van der Waals surface area contributed by atoms with Gasteiger partial charge in [0, 0.05) is 0 Å². The lowest BCUT2D eigenvalue weighted by Crippen LogP contribution is -2.07.